The van der Waals surface area contributed by atoms with E-state index in [1.165, 1.54) is 24.7 Å². The van der Waals surface area contributed by atoms with Crippen molar-refractivity contribution in [2.24, 2.45) is 4.99 Å². The molecule has 0 aliphatic carbocycles. The fourth-order valence-electron chi connectivity index (χ4n) is 2.81. The van der Waals surface area contributed by atoms with Gasteiger partial charge in [0.1, 0.15) is 10.6 Å². The van der Waals surface area contributed by atoms with Crippen LogP contribution in [0.1, 0.15) is 49.4 Å². The molecule has 0 fully saturated rings. The van der Waals surface area contributed by atoms with Crippen molar-refractivity contribution in [1.29, 1.82) is 0 Å². The molecule has 0 saturated carbocycles. The smallest absolute Gasteiger partial charge is 0.268 e. The van der Waals surface area contributed by atoms with Gasteiger partial charge in [0.05, 0.1) is 23.3 Å². The maximum atomic E-state index is 12.8. The Morgan fingerprint density at radius 1 is 1.31 bits per heavy atom. The van der Waals surface area contributed by atoms with Crippen LogP contribution in [0.15, 0.2) is 51.6 Å². The van der Waals surface area contributed by atoms with Crippen LogP contribution in [-0.4, -0.2) is 40.3 Å². The summed E-state index contributed by atoms with van der Waals surface area (Å²) in [5.41, 5.74) is 0.880. The Kier molecular flexibility index (Phi) is 7.04. The highest BCUT2D eigenvalue weighted by atomic mass is 32.2. The summed E-state index contributed by atoms with van der Waals surface area (Å²) in [6.07, 6.45) is 8.33. The highest BCUT2D eigenvalue weighted by molar-refractivity contribution is 7.91. The Morgan fingerprint density at radius 3 is 2.72 bits per heavy atom. The number of aromatic amines is 1. The number of aromatic nitrogens is 4. The van der Waals surface area contributed by atoms with Crippen LogP contribution in [0.25, 0.3) is 12.8 Å². The molecular formula is C22H26N6O3S. The van der Waals surface area contributed by atoms with Crippen LogP contribution in [0.2, 0.25) is 0 Å². The topological polar surface area (TPSA) is 122 Å². The second-order valence-electron chi connectivity index (χ2n) is 7.41. The molecule has 0 spiro atoms. The molecule has 3 heterocycles. The van der Waals surface area contributed by atoms with E-state index in [0.29, 0.717) is 16.7 Å². The van der Waals surface area contributed by atoms with Gasteiger partial charge in [0.2, 0.25) is 9.84 Å². The lowest BCUT2D eigenvalue weighted by molar-refractivity contribution is 0.0946. The molecule has 0 unspecified atom stereocenters. The van der Waals surface area contributed by atoms with Crippen molar-refractivity contribution in [2.45, 2.75) is 49.6 Å². The number of rotatable bonds is 8. The van der Waals surface area contributed by atoms with Gasteiger partial charge in [-0.05, 0) is 38.5 Å². The quantitative estimate of drug-likeness (QED) is 0.501. The van der Waals surface area contributed by atoms with Crippen molar-refractivity contribution < 1.29 is 13.2 Å². The number of carbonyl (C=O) groups is 1. The number of sulfone groups is 1. The minimum Gasteiger partial charge on any atom is -0.351 e. The average Bonchev–Trinajstić information content (AvgIpc) is 3.41. The van der Waals surface area contributed by atoms with E-state index < -0.39 is 9.84 Å². The molecule has 1 amide bonds. The van der Waals surface area contributed by atoms with Gasteiger partial charge in [-0.1, -0.05) is 13.5 Å². The summed E-state index contributed by atoms with van der Waals surface area (Å²) in [6, 6.07) is 4.77. The lowest BCUT2D eigenvalue weighted by Gasteiger charge is -2.06. The first kappa shape index (κ1) is 23.1. The zero-order valence-corrected chi connectivity index (χ0v) is 19.1. The van der Waals surface area contributed by atoms with Gasteiger partial charge in [-0.15, -0.1) is 0 Å². The van der Waals surface area contributed by atoms with Crippen LogP contribution in [0, 0.1) is 0 Å². The molecule has 0 aliphatic heterocycles. The number of hydrogen-bond donors (Lipinski definition) is 2. The Hall–Kier alpha value is -3.53. The lowest BCUT2D eigenvalue weighted by atomic mass is 10.3. The predicted molar refractivity (Wildman–Crippen MR) is 122 cm³/mol. The fourth-order valence-corrected chi connectivity index (χ4v) is 3.95. The summed E-state index contributed by atoms with van der Waals surface area (Å²) in [7, 11) is -3.71. The molecule has 0 bridgehead atoms. The molecule has 0 radical (unpaired) electrons. The number of hydrogen-bond acceptors (Lipinski definition) is 6. The SMILES string of the molecule is C=c1[nH]c(C(=O)NCc2ccc(S(=O)(=O)c3cnn(C(C)C)c3)cn2)c/c1=C/N=CCC. The monoisotopic (exact) mass is 454 g/mol. The van der Waals surface area contributed by atoms with Gasteiger partial charge in [-0.3, -0.25) is 19.5 Å². The summed E-state index contributed by atoms with van der Waals surface area (Å²) in [4.78, 5) is 23.9. The molecule has 10 heteroatoms. The number of carbonyl (C=O) groups excluding carboxylic acids is 1. The molecule has 9 nitrogen and oxygen atoms in total. The second-order valence-corrected chi connectivity index (χ2v) is 9.36. The minimum atomic E-state index is -3.71. The summed E-state index contributed by atoms with van der Waals surface area (Å²) in [6.45, 7) is 9.83. The van der Waals surface area contributed by atoms with Gasteiger partial charge in [0.15, 0.2) is 0 Å². The zero-order chi connectivity index (χ0) is 23.3. The van der Waals surface area contributed by atoms with Crippen LogP contribution in [0.5, 0.6) is 0 Å². The first-order valence-corrected chi connectivity index (χ1v) is 11.6. The van der Waals surface area contributed by atoms with E-state index in [1.807, 2.05) is 20.8 Å². The summed E-state index contributed by atoms with van der Waals surface area (Å²) in [5.74, 6) is -0.325. The normalized spacial score (nSPS) is 12.7. The number of pyridine rings is 1. The fraction of sp³-hybridized carbons (Fsp3) is 0.273. The maximum Gasteiger partial charge on any atom is 0.268 e. The third-order valence-corrected chi connectivity index (χ3v) is 6.33. The van der Waals surface area contributed by atoms with Gasteiger partial charge >= 0.3 is 0 Å². The van der Waals surface area contributed by atoms with E-state index >= 15 is 0 Å². The van der Waals surface area contributed by atoms with Crippen LogP contribution in [0.3, 0.4) is 0 Å². The molecule has 3 aromatic heterocycles. The molecule has 168 valence electrons. The van der Waals surface area contributed by atoms with Crippen LogP contribution in [-0.2, 0) is 16.4 Å². The molecule has 3 aromatic rings. The Bertz CT molecular complexity index is 1330. The van der Waals surface area contributed by atoms with Gasteiger partial charge in [-0.2, -0.15) is 5.10 Å². The van der Waals surface area contributed by atoms with Crippen LogP contribution < -0.4 is 15.9 Å². The molecule has 3 rings (SSSR count). The van der Waals surface area contributed by atoms with Gasteiger partial charge < -0.3 is 10.3 Å². The Morgan fingerprint density at radius 2 is 2.09 bits per heavy atom. The number of H-pyrrole nitrogens is 1. The van der Waals surface area contributed by atoms with Gasteiger partial charge in [-0.25, -0.2) is 8.42 Å². The van der Waals surface area contributed by atoms with E-state index in [9.17, 15) is 13.2 Å². The van der Waals surface area contributed by atoms with E-state index in [1.54, 1.807) is 29.2 Å². The number of nitrogens with zero attached hydrogens (tertiary/aromatic N) is 4. The molecule has 0 saturated heterocycles. The van der Waals surface area contributed by atoms with Gasteiger partial charge in [0, 0.05) is 41.4 Å². The third kappa shape index (κ3) is 5.20. The van der Waals surface area contributed by atoms with E-state index in [0.717, 1.165) is 11.6 Å². The largest absolute Gasteiger partial charge is 0.351 e. The highest BCUT2D eigenvalue weighted by Gasteiger charge is 2.21. The molecule has 0 atom stereocenters. The summed E-state index contributed by atoms with van der Waals surface area (Å²) >= 11 is 0. The van der Waals surface area contributed by atoms with Crippen molar-refractivity contribution in [1.82, 2.24) is 25.1 Å². The first-order chi connectivity index (χ1) is 15.2. The summed E-state index contributed by atoms with van der Waals surface area (Å²) < 4.78 is 27.1. The standard InChI is InChI=1S/C22H26N6O3S/c1-5-8-23-10-17-9-21(27-16(17)4)22(29)25-11-18-6-7-19(12-24-18)32(30,31)20-13-26-28(14-20)15(2)3/h6-10,12-15,27H,4-5,11H2,1-3H3,(H,25,29)/b17-10-,23-8?. The zero-order valence-electron chi connectivity index (χ0n) is 18.2. The lowest BCUT2D eigenvalue weighted by Crippen LogP contribution is -2.24. The van der Waals surface area contributed by atoms with Crippen molar-refractivity contribution in [3.8, 4) is 0 Å². The molecule has 32 heavy (non-hydrogen) atoms. The van der Waals surface area contributed by atoms with E-state index in [-0.39, 0.29) is 28.3 Å². The van der Waals surface area contributed by atoms with Crippen molar-refractivity contribution >= 4 is 34.7 Å². The van der Waals surface area contributed by atoms with Crippen molar-refractivity contribution in [2.75, 3.05) is 0 Å². The second kappa shape index (κ2) is 9.73. The predicted octanol–water partition coefficient (Wildman–Crippen LogP) is 1.58. The molecule has 0 aromatic carbocycles. The minimum absolute atomic E-state index is 0.0559. The highest BCUT2D eigenvalue weighted by Crippen LogP contribution is 2.20. The van der Waals surface area contributed by atoms with Crippen LogP contribution >= 0.6 is 0 Å². The molecule has 0 aliphatic rings. The van der Waals surface area contributed by atoms with Gasteiger partial charge in [0.25, 0.3) is 5.91 Å². The van der Waals surface area contributed by atoms with Crippen molar-refractivity contribution in [3.05, 3.63) is 58.7 Å². The number of nitrogens with one attached hydrogen (secondary N) is 2. The summed E-state index contributed by atoms with van der Waals surface area (Å²) in [5, 5.41) is 8.16. The average molecular weight is 455 g/mol. The van der Waals surface area contributed by atoms with Crippen molar-refractivity contribution in [3.63, 3.8) is 0 Å². The van der Waals surface area contributed by atoms with E-state index in [4.69, 9.17) is 0 Å². The Labute approximate surface area is 186 Å². The third-order valence-electron chi connectivity index (χ3n) is 4.64. The first-order valence-electron chi connectivity index (χ1n) is 10.1. The van der Waals surface area contributed by atoms with Crippen LogP contribution in [0.4, 0.5) is 0 Å². The number of aliphatic imine (C=N–C) groups is 1. The Balaban J connectivity index is 1.68. The number of amides is 1. The molecule has 2 N–H and O–H groups in total. The molecular weight excluding hydrogens is 428 g/mol. The maximum absolute atomic E-state index is 12.8. The van der Waals surface area contributed by atoms with E-state index in [2.05, 4.69) is 32.0 Å².